The first-order valence-corrected chi connectivity index (χ1v) is 20.4. The van der Waals surface area contributed by atoms with Crippen LogP contribution in [0.5, 0.6) is 0 Å². The zero-order valence-electron chi connectivity index (χ0n) is 32.8. The van der Waals surface area contributed by atoms with Crippen molar-refractivity contribution in [1.82, 2.24) is 0 Å². The summed E-state index contributed by atoms with van der Waals surface area (Å²) in [4.78, 5) is 12.0. The Balaban J connectivity index is 1.13. The predicted octanol–water partition coefficient (Wildman–Crippen LogP) is 6.39. The lowest BCUT2D eigenvalue weighted by molar-refractivity contribution is -0.353. The van der Waals surface area contributed by atoms with Crippen molar-refractivity contribution in [3.63, 3.8) is 0 Å². The van der Waals surface area contributed by atoms with Crippen molar-refractivity contribution in [1.29, 1.82) is 0 Å². The van der Waals surface area contributed by atoms with Crippen LogP contribution in [0, 0.1) is 41.4 Å². The molecule has 11 heteroatoms. The molecular weight excluding hydrogens is 676 g/mol. The Kier molecular flexibility index (Phi) is 11.8. The van der Waals surface area contributed by atoms with Crippen LogP contribution >= 0.6 is 11.6 Å². The Bertz CT molecular complexity index is 1240. The fraction of sp³-hybridized carbons (Fsp3) is 0.975. The first-order chi connectivity index (χ1) is 23.9. The standard InChI is InChI=1S/C40H67ClO10/c1-21-11-12-28(46-33(21)26(6)36(41)43)17-29-18-30(45-10)27(7)40(48-29)25(5)19-38(9,51-40)32-13-14-37(8,49-32)35-23(3)16-31(47-35)34-22(2)15-24(4)39(44,20-42)50-34/h21-35,42,44H,11-20H2,1-10H3/t21-,22-,23-,24+,25+,26+,27?,28+,29+,30?,31?,32?,33?,34?,35?,37-,38-,39-,40+/m0/s1. The summed E-state index contributed by atoms with van der Waals surface area (Å²) < 4.78 is 47.1. The molecule has 0 saturated carbocycles. The van der Waals surface area contributed by atoms with Crippen LogP contribution in [0.15, 0.2) is 0 Å². The van der Waals surface area contributed by atoms with E-state index in [9.17, 15) is 15.0 Å². The SMILES string of the molecule is COC1C[C@@H](C[C@H]2CC[C@H](C)C([C@@H](C)C(=O)Cl)O2)O[C@]2(O[C@](C)(C3CC[C@@](C)(C4OC(C5O[C@@](O)(CO)[C@H](C)C[C@@H]5C)C[C@@H]4C)O3)C[C@H]2C)C1C. The molecule has 0 amide bonds. The maximum absolute atomic E-state index is 12.0. The Hall–Kier alpha value is -0.400. The normalized spacial score (nSPS) is 54.2. The number of aliphatic hydroxyl groups is 2. The molecular formula is C40H67ClO10. The number of methoxy groups -OCH3 is 1. The molecule has 0 aliphatic carbocycles. The smallest absolute Gasteiger partial charge is 0.227 e. The molecule has 6 aliphatic rings. The van der Waals surface area contributed by atoms with Crippen LogP contribution in [-0.4, -0.2) is 101 Å². The lowest BCUT2D eigenvalue weighted by atomic mass is 9.78. The molecule has 0 radical (unpaired) electrons. The van der Waals surface area contributed by atoms with E-state index in [0.717, 1.165) is 51.4 Å². The van der Waals surface area contributed by atoms with Gasteiger partial charge in [-0.25, -0.2) is 0 Å². The average molecular weight is 743 g/mol. The van der Waals surface area contributed by atoms with E-state index in [4.69, 9.17) is 44.8 Å². The third-order valence-corrected chi connectivity index (χ3v) is 14.7. The highest BCUT2D eigenvalue weighted by Gasteiger charge is 2.65. The second-order valence-electron chi connectivity index (χ2n) is 18.4. The van der Waals surface area contributed by atoms with Crippen LogP contribution in [0.3, 0.4) is 0 Å². The minimum atomic E-state index is -1.55. The van der Waals surface area contributed by atoms with Crippen molar-refractivity contribution in [3.05, 3.63) is 0 Å². The number of carbonyl (C=O) groups is 1. The molecule has 6 fully saturated rings. The first-order valence-electron chi connectivity index (χ1n) is 20.0. The van der Waals surface area contributed by atoms with Crippen LogP contribution in [0.4, 0.5) is 0 Å². The van der Waals surface area contributed by atoms with E-state index in [0.29, 0.717) is 6.42 Å². The van der Waals surface area contributed by atoms with Gasteiger partial charge in [0.05, 0.1) is 72.6 Å². The summed E-state index contributed by atoms with van der Waals surface area (Å²) in [5.41, 5.74) is -1.08. The maximum Gasteiger partial charge on any atom is 0.227 e. The van der Waals surface area contributed by atoms with Crippen molar-refractivity contribution in [2.24, 2.45) is 41.4 Å². The second-order valence-corrected chi connectivity index (χ2v) is 18.7. The molecule has 51 heavy (non-hydrogen) atoms. The molecule has 1 spiro atoms. The van der Waals surface area contributed by atoms with Crippen LogP contribution in [0.25, 0.3) is 0 Å². The summed E-state index contributed by atoms with van der Waals surface area (Å²) in [6.45, 7) is 18.7. The molecule has 294 valence electrons. The number of carbonyl (C=O) groups excluding carboxylic acids is 1. The summed E-state index contributed by atoms with van der Waals surface area (Å²) >= 11 is 5.91. The van der Waals surface area contributed by atoms with Crippen LogP contribution in [-0.2, 0) is 38.0 Å². The highest BCUT2D eigenvalue weighted by molar-refractivity contribution is 6.64. The minimum Gasteiger partial charge on any atom is -0.391 e. The third-order valence-electron chi connectivity index (χ3n) is 14.4. The minimum absolute atomic E-state index is 0.00834. The fourth-order valence-corrected chi connectivity index (χ4v) is 11.4. The van der Waals surface area contributed by atoms with Gasteiger partial charge in [-0.3, -0.25) is 4.79 Å². The van der Waals surface area contributed by atoms with Crippen molar-refractivity contribution in [2.45, 2.75) is 192 Å². The van der Waals surface area contributed by atoms with Gasteiger partial charge in [-0.2, -0.15) is 0 Å². The quantitative estimate of drug-likeness (QED) is 0.257. The molecule has 6 aliphatic heterocycles. The molecule has 6 saturated heterocycles. The molecule has 0 aromatic carbocycles. The highest BCUT2D eigenvalue weighted by atomic mass is 35.5. The molecule has 6 heterocycles. The largest absolute Gasteiger partial charge is 0.391 e. The molecule has 19 atom stereocenters. The van der Waals surface area contributed by atoms with Gasteiger partial charge in [-0.05, 0) is 88.1 Å². The van der Waals surface area contributed by atoms with Crippen molar-refractivity contribution >= 4 is 16.8 Å². The highest BCUT2D eigenvalue weighted by Crippen LogP contribution is 2.57. The van der Waals surface area contributed by atoms with E-state index in [2.05, 4.69) is 48.5 Å². The summed E-state index contributed by atoms with van der Waals surface area (Å²) in [5.74, 6) is -2.08. The van der Waals surface area contributed by atoms with Crippen LogP contribution < -0.4 is 0 Å². The van der Waals surface area contributed by atoms with Gasteiger partial charge in [0.2, 0.25) is 5.24 Å². The monoisotopic (exact) mass is 742 g/mol. The van der Waals surface area contributed by atoms with Crippen molar-refractivity contribution in [3.8, 4) is 0 Å². The lowest BCUT2D eigenvalue weighted by Crippen LogP contribution is -2.58. The van der Waals surface area contributed by atoms with E-state index in [1.54, 1.807) is 7.11 Å². The first kappa shape index (κ1) is 40.3. The topological polar surface area (TPSA) is 122 Å². The maximum atomic E-state index is 12.0. The van der Waals surface area contributed by atoms with Gasteiger partial charge < -0.3 is 43.4 Å². The zero-order chi connectivity index (χ0) is 37.3. The number of aliphatic hydroxyl groups excluding tert-OH is 1. The van der Waals surface area contributed by atoms with E-state index < -0.39 is 29.4 Å². The van der Waals surface area contributed by atoms with Gasteiger partial charge in [-0.15, -0.1) is 0 Å². The van der Waals surface area contributed by atoms with Crippen LogP contribution in [0.2, 0.25) is 0 Å². The third kappa shape index (κ3) is 7.36. The van der Waals surface area contributed by atoms with E-state index >= 15 is 0 Å². The molecule has 0 bridgehead atoms. The molecule has 6 rings (SSSR count). The van der Waals surface area contributed by atoms with Gasteiger partial charge in [0.25, 0.3) is 0 Å². The molecule has 7 unspecified atom stereocenters. The van der Waals surface area contributed by atoms with Crippen molar-refractivity contribution in [2.75, 3.05) is 13.7 Å². The Morgan fingerprint density at radius 2 is 1.61 bits per heavy atom. The van der Waals surface area contributed by atoms with Gasteiger partial charge in [-0.1, -0.05) is 48.5 Å². The van der Waals surface area contributed by atoms with E-state index in [-0.39, 0.29) is 95.5 Å². The van der Waals surface area contributed by atoms with Gasteiger partial charge in [0, 0.05) is 37.7 Å². The Morgan fingerprint density at radius 1 is 0.882 bits per heavy atom. The summed E-state index contributed by atoms with van der Waals surface area (Å²) in [6, 6.07) is 0. The lowest BCUT2D eigenvalue weighted by Gasteiger charge is -2.50. The number of ether oxygens (including phenoxy) is 7. The number of hydrogen-bond acceptors (Lipinski definition) is 10. The second kappa shape index (κ2) is 14.9. The number of hydrogen-bond donors (Lipinski definition) is 2. The molecule has 0 aromatic rings. The number of rotatable bonds is 9. The fourth-order valence-electron chi connectivity index (χ4n) is 11.3. The Labute approximate surface area is 311 Å². The average Bonchev–Trinajstić information content (AvgIpc) is 3.75. The summed E-state index contributed by atoms with van der Waals surface area (Å²) in [7, 11) is 1.78. The predicted molar refractivity (Wildman–Crippen MR) is 192 cm³/mol. The molecule has 10 nitrogen and oxygen atoms in total. The van der Waals surface area contributed by atoms with E-state index in [1.807, 2.05) is 13.8 Å². The number of halogens is 1. The summed E-state index contributed by atoms with van der Waals surface area (Å²) in [5, 5.41) is 20.6. The molecule has 2 N–H and O–H groups in total. The van der Waals surface area contributed by atoms with Crippen LogP contribution in [0.1, 0.15) is 120 Å². The van der Waals surface area contributed by atoms with Crippen molar-refractivity contribution < 1.29 is 48.2 Å². The van der Waals surface area contributed by atoms with Gasteiger partial charge in [0.15, 0.2) is 11.6 Å². The Morgan fingerprint density at radius 3 is 2.27 bits per heavy atom. The van der Waals surface area contributed by atoms with Gasteiger partial charge >= 0.3 is 0 Å². The van der Waals surface area contributed by atoms with E-state index in [1.165, 1.54) is 0 Å². The zero-order valence-corrected chi connectivity index (χ0v) is 33.5. The van der Waals surface area contributed by atoms with Gasteiger partial charge in [0.1, 0.15) is 0 Å². The summed E-state index contributed by atoms with van der Waals surface area (Å²) in [6.07, 6.45) is 6.29. The molecule has 0 aromatic heterocycles.